The Morgan fingerprint density at radius 1 is 1.19 bits per heavy atom. The van der Waals surface area contributed by atoms with Gasteiger partial charge in [-0.25, -0.2) is 4.98 Å². The Morgan fingerprint density at radius 2 is 2.14 bits per heavy atom. The van der Waals surface area contributed by atoms with Crippen LogP contribution in [0.5, 0.6) is 0 Å². The molecule has 0 aliphatic carbocycles. The van der Waals surface area contributed by atoms with Gasteiger partial charge in [-0.1, -0.05) is 23.5 Å². The maximum absolute atomic E-state index is 8.89. The molecule has 2 heterocycles. The number of benzene rings is 1. The molecule has 0 amide bonds. The van der Waals surface area contributed by atoms with Crippen LogP contribution in [0.3, 0.4) is 0 Å². The van der Waals surface area contributed by atoms with Gasteiger partial charge in [-0.15, -0.1) is 0 Å². The highest BCUT2D eigenvalue weighted by Gasteiger charge is 2.04. The summed E-state index contributed by atoms with van der Waals surface area (Å²) in [5.41, 5.74) is 2.77. The van der Waals surface area contributed by atoms with Crippen molar-refractivity contribution in [1.29, 1.82) is 5.26 Å². The van der Waals surface area contributed by atoms with Crippen LogP contribution in [-0.2, 0) is 6.54 Å². The molecule has 0 atom stereocenters. The smallest absolute Gasteiger partial charge is 0.126 e. The summed E-state index contributed by atoms with van der Waals surface area (Å²) >= 11 is 1.59. The lowest BCUT2D eigenvalue weighted by molar-refractivity contribution is 1.15. The van der Waals surface area contributed by atoms with Crippen molar-refractivity contribution >= 4 is 16.3 Å². The largest absolute Gasteiger partial charge is 0.372 e. The average molecular weight is 292 g/mol. The van der Waals surface area contributed by atoms with Gasteiger partial charge >= 0.3 is 0 Å². The lowest BCUT2D eigenvalue weighted by Crippen LogP contribution is -1.97. The van der Waals surface area contributed by atoms with E-state index in [2.05, 4.69) is 21.4 Å². The van der Waals surface area contributed by atoms with Gasteiger partial charge in [0.2, 0.25) is 0 Å². The summed E-state index contributed by atoms with van der Waals surface area (Å²) in [7, 11) is 0. The Balaban J connectivity index is 1.69. The Kier molecular flexibility index (Phi) is 3.90. The average Bonchev–Trinajstić information content (AvgIpc) is 3.03. The molecule has 2 aromatic heterocycles. The van der Waals surface area contributed by atoms with E-state index in [0.29, 0.717) is 12.1 Å². The maximum atomic E-state index is 8.89. The third kappa shape index (κ3) is 3.25. The highest BCUT2D eigenvalue weighted by molar-refractivity contribution is 7.18. The molecule has 0 bridgehead atoms. The molecule has 4 nitrogen and oxygen atoms in total. The molecular formula is C16H12N4S. The third-order valence-corrected chi connectivity index (χ3v) is 3.94. The fourth-order valence-corrected chi connectivity index (χ4v) is 2.72. The quantitative estimate of drug-likeness (QED) is 0.796. The predicted molar refractivity (Wildman–Crippen MR) is 83.8 cm³/mol. The van der Waals surface area contributed by atoms with E-state index in [-0.39, 0.29) is 0 Å². The van der Waals surface area contributed by atoms with Crippen LogP contribution in [0.15, 0.2) is 55.0 Å². The van der Waals surface area contributed by atoms with Gasteiger partial charge in [0.1, 0.15) is 10.0 Å². The zero-order valence-corrected chi connectivity index (χ0v) is 12.0. The molecule has 0 unspecified atom stereocenters. The second kappa shape index (κ2) is 6.16. The first-order valence-corrected chi connectivity index (χ1v) is 7.26. The first kappa shape index (κ1) is 13.3. The Bertz CT molecular complexity index is 774. The first-order valence-electron chi connectivity index (χ1n) is 6.44. The summed E-state index contributed by atoms with van der Waals surface area (Å²) in [6.45, 7) is 0.671. The molecule has 0 spiro atoms. The van der Waals surface area contributed by atoms with Gasteiger partial charge < -0.3 is 5.32 Å². The van der Waals surface area contributed by atoms with Crippen molar-refractivity contribution in [3.8, 4) is 16.6 Å². The summed E-state index contributed by atoms with van der Waals surface area (Å²) in [6.07, 6.45) is 5.37. The molecule has 0 radical (unpaired) electrons. The fourth-order valence-electron chi connectivity index (χ4n) is 1.92. The Labute approximate surface area is 126 Å². The molecule has 5 heteroatoms. The van der Waals surface area contributed by atoms with Crippen LogP contribution in [0.4, 0.5) is 5.00 Å². The number of pyridine rings is 1. The number of nitrogens with zero attached hydrogens (tertiary/aromatic N) is 3. The van der Waals surface area contributed by atoms with Crippen LogP contribution < -0.4 is 5.32 Å². The van der Waals surface area contributed by atoms with Gasteiger partial charge in [0.15, 0.2) is 0 Å². The first-order chi connectivity index (χ1) is 10.3. The number of hydrogen-bond donors (Lipinski definition) is 1. The SMILES string of the molecule is N#Cc1cccc(CNc2cnc(-c3cccnc3)s2)c1. The standard InChI is InChI=1S/C16H12N4S/c17-8-12-3-1-4-13(7-12)9-19-15-11-20-16(21-15)14-5-2-6-18-10-14/h1-7,10-11,19H,9H2. The molecular weight excluding hydrogens is 280 g/mol. The van der Waals surface area contributed by atoms with Crippen molar-refractivity contribution in [3.05, 3.63) is 66.1 Å². The van der Waals surface area contributed by atoms with E-state index < -0.39 is 0 Å². The normalized spacial score (nSPS) is 10.0. The predicted octanol–water partition coefficient (Wildman–Crippen LogP) is 3.69. The second-order valence-corrected chi connectivity index (χ2v) is 5.47. The van der Waals surface area contributed by atoms with E-state index in [1.165, 1.54) is 0 Å². The van der Waals surface area contributed by atoms with Crippen LogP contribution in [0, 0.1) is 11.3 Å². The summed E-state index contributed by atoms with van der Waals surface area (Å²) < 4.78 is 0. The van der Waals surface area contributed by atoms with E-state index in [1.54, 1.807) is 29.8 Å². The summed E-state index contributed by atoms with van der Waals surface area (Å²) in [5, 5.41) is 14.2. The Morgan fingerprint density at radius 3 is 2.95 bits per heavy atom. The molecule has 0 fully saturated rings. The van der Waals surface area contributed by atoms with Crippen molar-refractivity contribution in [2.75, 3.05) is 5.32 Å². The molecule has 102 valence electrons. The summed E-state index contributed by atoms with van der Waals surface area (Å²) in [6, 6.07) is 13.6. The van der Waals surface area contributed by atoms with Crippen LogP contribution in [0.25, 0.3) is 10.6 Å². The minimum Gasteiger partial charge on any atom is -0.372 e. The van der Waals surface area contributed by atoms with Crippen molar-refractivity contribution in [3.63, 3.8) is 0 Å². The van der Waals surface area contributed by atoms with Crippen molar-refractivity contribution in [2.24, 2.45) is 0 Å². The van der Waals surface area contributed by atoms with E-state index in [0.717, 1.165) is 21.1 Å². The number of rotatable bonds is 4. The zero-order chi connectivity index (χ0) is 14.5. The molecule has 0 aliphatic heterocycles. The van der Waals surface area contributed by atoms with Gasteiger partial charge in [-0.3, -0.25) is 4.98 Å². The number of anilines is 1. The molecule has 3 aromatic rings. The molecule has 0 saturated carbocycles. The summed E-state index contributed by atoms with van der Waals surface area (Å²) in [5.74, 6) is 0. The van der Waals surface area contributed by atoms with E-state index >= 15 is 0 Å². The molecule has 0 saturated heterocycles. The van der Waals surface area contributed by atoms with Gasteiger partial charge in [-0.05, 0) is 29.8 Å². The van der Waals surface area contributed by atoms with Crippen molar-refractivity contribution < 1.29 is 0 Å². The molecule has 1 aromatic carbocycles. The molecule has 3 rings (SSSR count). The van der Waals surface area contributed by atoms with E-state index in [1.807, 2.05) is 36.5 Å². The molecule has 1 N–H and O–H groups in total. The third-order valence-electron chi connectivity index (χ3n) is 2.94. The minimum atomic E-state index is 0.671. The van der Waals surface area contributed by atoms with Gasteiger partial charge in [0.25, 0.3) is 0 Å². The lowest BCUT2D eigenvalue weighted by atomic mass is 10.1. The fraction of sp³-hybridized carbons (Fsp3) is 0.0625. The monoisotopic (exact) mass is 292 g/mol. The number of hydrogen-bond acceptors (Lipinski definition) is 5. The van der Waals surface area contributed by atoms with Crippen molar-refractivity contribution in [1.82, 2.24) is 9.97 Å². The molecule has 0 aliphatic rings. The zero-order valence-electron chi connectivity index (χ0n) is 11.2. The van der Waals surface area contributed by atoms with Gasteiger partial charge in [0.05, 0.1) is 17.8 Å². The van der Waals surface area contributed by atoms with Gasteiger partial charge in [-0.2, -0.15) is 5.26 Å². The highest BCUT2D eigenvalue weighted by Crippen LogP contribution is 2.27. The van der Waals surface area contributed by atoms with Crippen LogP contribution in [-0.4, -0.2) is 9.97 Å². The Hall–Kier alpha value is -2.71. The minimum absolute atomic E-state index is 0.671. The van der Waals surface area contributed by atoms with Crippen LogP contribution in [0.2, 0.25) is 0 Å². The topological polar surface area (TPSA) is 61.6 Å². The van der Waals surface area contributed by atoms with Crippen LogP contribution in [0.1, 0.15) is 11.1 Å². The van der Waals surface area contributed by atoms with E-state index in [4.69, 9.17) is 5.26 Å². The van der Waals surface area contributed by atoms with Crippen LogP contribution >= 0.6 is 11.3 Å². The van der Waals surface area contributed by atoms with E-state index in [9.17, 15) is 0 Å². The van der Waals surface area contributed by atoms with Crippen molar-refractivity contribution in [2.45, 2.75) is 6.54 Å². The lowest BCUT2D eigenvalue weighted by Gasteiger charge is -2.03. The number of nitrogens with one attached hydrogen (secondary N) is 1. The number of thiazole rings is 1. The highest BCUT2D eigenvalue weighted by atomic mass is 32.1. The number of nitriles is 1. The maximum Gasteiger partial charge on any atom is 0.126 e. The number of aromatic nitrogens is 2. The molecule has 21 heavy (non-hydrogen) atoms. The summed E-state index contributed by atoms with van der Waals surface area (Å²) in [4.78, 5) is 8.49. The van der Waals surface area contributed by atoms with Gasteiger partial charge in [0, 0.05) is 24.5 Å². The second-order valence-electron chi connectivity index (χ2n) is 4.44.